The van der Waals surface area contributed by atoms with E-state index in [1.807, 2.05) is 0 Å². The molecule has 0 aliphatic carbocycles. The van der Waals surface area contributed by atoms with Crippen molar-refractivity contribution in [1.29, 1.82) is 0 Å². The molecule has 1 heterocycles. The summed E-state index contributed by atoms with van der Waals surface area (Å²) in [5.41, 5.74) is 0. The van der Waals surface area contributed by atoms with Gasteiger partial charge in [0.1, 0.15) is 0 Å². The van der Waals surface area contributed by atoms with Crippen LogP contribution in [0.5, 0.6) is 0 Å². The lowest BCUT2D eigenvalue weighted by Gasteiger charge is -2.19. The van der Waals surface area contributed by atoms with E-state index >= 15 is 0 Å². The maximum absolute atomic E-state index is 10.7. The van der Waals surface area contributed by atoms with E-state index in [4.69, 9.17) is 9.47 Å². The Labute approximate surface area is 59.1 Å². The lowest BCUT2D eigenvalue weighted by molar-refractivity contribution is -0.164. The van der Waals surface area contributed by atoms with Crippen LogP contribution in [0.1, 0.15) is 6.42 Å². The standard InChI is InChI=1S/C6H9O4/c1-8-6(7)5-2-3-9-4-10-5/h4-5H,2-3H2,1H3. The van der Waals surface area contributed by atoms with Gasteiger partial charge in [-0.05, 0) is 0 Å². The lowest BCUT2D eigenvalue weighted by Crippen LogP contribution is -2.29. The van der Waals surface area contributed by atoms with E-state index in [2.05, 4.69) is 4.74 Å². The summed E-state index contributed by atoms with van der Waals surface area (Å²) in [6, 6.07) is 0. The lowest BCUT2D eigenvalue weighted by atomic mass is 10.2. The van der Waals surface area contributed by atoms with Gasteiger partial charge in [0.25, 0.3) is 0 Å². The third kappa shape index (κ3) is 1.68. The van der Waals surface area contributed by atoms with Crippen molar-refractivity contribution in [2.75, 3.05) is 13.7 Å². The molecule has 1 fully saturated rings. The maximum Gasteiger partial charge on any atom is 0.335 e. The molecule has 1 aliphatic rings. The van der Waals surface area contributed by atoms with Crippen molar-refractivity contribution in [3.8, 4) is 0 Å². The molecule has 1 aliphatic heterocycles. The summed E-state index contributed by atoms with van der Waals surface area (Å²) in [5, 5.41) is 0. The van der Waals surface area contributed by atoms with Crippen LogP contribution >= 0.6 is 0 Å². The highest BCUT2D eigenvalue weighted by molar-refractivity contribution is 5.74. The quantitative estimate of drug-likeness (QED) is 0.490. The van der Waals surface area contributed by atoms with Crippen molar-refractivity contribution in [1.82, 2.24) is 0 Å². The summed E-state index contributed by atoms with van der Waals surface area (Å²) in [6.07, 6.45) is 0.0853. The largest absolute Gasteiger partial charge is 0.467 e. The molecule has 0 aromatic carbocycles. The Hall–Kier alpha value is -0.610. The average Bonchev–Trinajstić information content (AvgIpc) is 2.05. The predicted octanol–water partition coefficient (Wildman–Crippen LogP) is 0.0842. The molecule has 57 valence electrons. The van der Waals surface area contributed by atoms with Crippen molar-refractivity contribution in [2.45, 2.75) is 12.5 Å². The molecule has 4 nitrogen and oxygen atoms in total. The Morgan fingerprint density at radius 1 is 1.80 bits per heavy atom. The van der Waals surface area contributed by atoms with Gasteiger partial charge in [-0.3, -0.25) is 0 Å². The van der Waals surface area contributed by atoms with E-state index in [0.29, 0.717) is 13.0 Å². The maximum atomic E-state index is 10.7. The Kier molecular flexibility index (Phi) is 2.65. The van der Waals surface area contributed by atoms with Gasteiger partial charge >= 0.3 is 5.97 Å². The third-order valence-corrected chi connectivity index (χ3v) is 1.25. The van der Waals surface area contributed by atoms with Gasteiger partial charge in [0.2, 0.25) is 6.79 Å². The first-order valence-electron chi connectivity index (χ1n) is 3.01. The van der Waals surface area contributed by atoms with Crippen LogP contribution in [-0.2, 0) is 19.0 Å². The predicted molar refractivity (Wildman–Crippen MR) is 31.8 cm³/mol. The SMILES string of the molecule is COC(=O)C1CCO[CH]O1. The fraction of sp³-hybridized carbons (Fsp3) is 0.667. The normalized spacial score (nSPS) is 25.9. The van der Waals surface area contributed by atoms with Crippen LogP contribution in [0.15, 0.2) is 0 Å². The number of esters is 1. The molecule has 1 unspecified atom stereocenters. The zero-order chi connectivity index (χ0) is 7.40. The summed E-state index contributed by atoms with van der Waals surface area (Å²) in [6.45, 7) is 1.69. The van der Waals surface area contributed by atoms with Crippen LogP contribution in [-0.4, -0.2) is 25.8 Å². The number of ether oxygens (including phenoxy) is 3. The van der Waals surface area contributed by atoms with E-state index < -0.39 is 6.10 Å². The Bertz CT molecular complexity index is 117. The Balaban J connectivity index is 2.31. The van der Waals surface area contributed by atoms with Crippen LogP contribution < -0.4 is 0 Å². The molecular formula is C6H9O4. The molecule has 0 aromatic rings. The van der Waals surface area contributed by atoms with Gasteiger partial charge in [0, 0.05) is 6.42 Å². The number of carbonyl (C=O) groups is 1. The molecular weight excluding hydrogens is 136 g/mol. The molecule has 0 saturated carbocycles. The van der Waals surface area contributed by atoms with Gasteiger partial charge in [0.15, 0.2) is 6.10 Å². The molecule has 0 bridgehead atoms. The second kappa shape index (κ2) is 3.53. The highest BCUT2D eigenvalue weighted by Crippen LogP contribution is 2.09. The second-order valence-corrected chi connectivity index (χ2v) is 1.90. The summed E-state index contributed by atoms with van der Waals surface area (Å²) >= 11 is 0. The number of hydrogen-bond acceptors (Lipinski definition) is 4. The monoisotopic (exact) mass is 145 g/mol. The van der Waals surface area contributed by atoms with E-state index in [9.17, 15) is 4.79 Å². The smallest absolute Gasteiger partial charge is 0.335 e. The summed E-state index contributed by atoms with van der Waals surface area (Å²) < 4.78 is 14.0. The van der Waals surface area contributed by atoms with Gasteiger partial charge in [-0.15, -0.1) is 0 Å². The van der Waals surface area contributed by atoms with Crippen LogP contribution in [0.25, 0.3) is 0 Å². The number of hydrogen-bond donors (Lipinski definition) is 0. The van der Waals surface area contributed by atoms with Crippen molar-refractivity contribution in [3.63, 3.8) is 0 Å². The van der Waals surface area contributed by atoms with Crippen LogP contribution in [0.3, 0.4) is 0 Å². The minimum absolute atomic E-state index is 0.348. The zero-order valence-corrected chi connectivity index (χ0v) is 5.70. The van der Waals surface area contributed by atoms with E-state index in [-0.39, 0.29) is 5.97 Å². The molecule has 0 aromatic heterocycles. The minimum Gasteiger partial charge on any atom is -0.467 e. The summed E-state index contributed by atoms with van der Waals surface area (Å²) in [5.74, 6) is -0.348. The van der Waals surface area contributed by atoms with Gasteiger partial charge in [0.05, 0.1) is 13.7 Å². The molecule has 1 radical (unpaired) electrons. The Morgan fingerprint density at radius 3 is 3.10 bits per heavy atom. The van der Waals surface area contributed by atoms with Crippen molar-refractivity contribution >= 4 is 5.97 Å². The van der Waals surface area contributed by atoms with Crippen molar-refractivity contribution in [2.24, 2.45) is 0 Å². The highest BCUT2D eigenvalue weighted by atomic mass is 16.7. The zero-order valence-electron chi connectivity index (χ0n) is 5.70. The summed E-state index contributed by atoms with van der Waals surface area (Å²) in [4.78, 5) is 10.7. The average molecular weight is 145 g/mol. The van der Waals surface area contributed by atoms with E-state index in [1.54, 1.807) is 0 Å². The van der Waals surface area contributed by atoms with Gasteiger partial charge < -0.3 is 14.2 Å². The number of carbonyl (C=O) groups excluding carboxylic acids is 1. The second-order valence-electron chi connectivity index (χ2n) is 1.90. The molecule has 10 heavy (non-hydrogen) atoms. The van der Waals surface area contributed by atoms with Gasteiger partial charge in [-0.2, -0.15) is 0 Å². The van der Waals surface area contributed by atoms with Crippen molar-refractivity contribution < 1.29 is 19.0 Å². The highest BCUT2D eigenvalue weighted by Gasteiger charge is 2.22. The van der Waals surface area contributed by atoms with Gasteiger partial charge in [-0.25, -0.2) is 4.79 Å². The van der Waals surface area contributed by atoms with Crippen LogP contribution in [0, 0.1) is 6.79 Å². The third-order valence-electron chi connectivity index (χ3n) is 1.25. The molecule has 0 N–H and O–H groups in total. The Morgan fingerprint density at radius 2 is 2.60 bits per heavy atom. The fourth-order valence-electron chi connectivity index (χ4n) is 0.702. The van der Waals surface area contributed by atoms with Crippen LogP contribution in [0.2, 0.25) is 0 Å². The molecule has 1 saturated heterocycles. The minimum atomic E-state index is -0.473. The number of rotatable bonds is 1. The topological polar surface area (TPSA) is 44.8 Å². The van der Waals surface area contributed by atoms with Gasteiger partial charge in [-0.1, -0.05) is 0 Å². The molecule has 4 heteroatoms. The van der Waals surface area contributed by atoms with Crippen molar-refractivity contribution in [3.05, 3.63) is 6.79 Å². The van der Waals surface area contributed by atoms with E-state index in [0.717, 1.165) is 0 Å². The molecule has 1 atom stereocenters. The van der Waals surface area contributed by atoms with E-state index in [1.165, 1.54) is 13.9 Å². The first kappa shape index (κ1) is 7.50. The van der Waals surface area contributed by atoms with Crippen LogP contribution in [0.4, 0.5) is 0 Å². The molecule has 0 spiro atoms. The molecule has 0 amide bonds. The fourth-order valence-corrected chi connectivity index (χ4v) is 0.702. The molecule has 1 rings (SSSR count). The number of methoxy groups -OCH3 is 1. The summed E-state index contributed by atoms with van der Waals surface area (Å²) in [7, 11) is 1.33. The first-order chi connectivity index (χ1) is 4.84. The first-order valence-corrected chi connectivity index (χ1v) is 3.01.